The summed E-state index contributed by atoms with van der Waals surface area (Å²) in [7, 11) is -0.596. The fraction of sp³-hybridized carbons (Fsp3) is 1.00. The summed E-state index contributed by atoms with van der Waals surface area (Å²) >= 11 is 0. The highest BCUT2D eigenvalue weighted by Gasteiger charge is 2.38. The lowest BCUT2D eigenvalue weighted by Gasteiger charge is -2.23. The van der Waals surface area contributed by atoms with Gasteiger partial charge in [0.2, 0.25) is 0 Å². The molecule has 2 nitrogen and oxygen atoms in total. The second-order valence-electron chi connectivity index (χ2n) is 4.51. The van der Waals surface area contributed by atoms with Crippen LogP contribution in [-0.2, 0) is 10.8 Å². The minimum Gasteiger partial charge on any atom is -0.310 e. The van der Waals surface area contributed by atoms with Crippen LogP contribution in [0, 0.1) is 5.92 Å². The van der Waals surface area contributed by atoms with Crippen molar-refractivity contribution in [2.45, 2.75) is 50.4 Å². The Bertz CT molecular complexity index is 215. The van der Waals surface area contributed by atoms with Gasteiger partial charge in [-0.05, 0) is 39.0 Å². The molecule has 13 heavy (non-hydrogen) atoms. The second-order valence-corrected chi connectivity index (χ2v) is 6.42. The van der Waals surface area contributed by atoms with Crippen LogP contribution in [0.3, 0.4) is 0 Å². The van der Waals surface area contributed by atoms with Gasteiger partial charge in [-0.25, -0.2) is 0 Å². The molecule has 0 amide bonds. The number of hydrogen-bond acceptors (Lipinski definition) is 2. The summed E-state index contributed by atoms with van der Waals surface area (Å²) in [6.07, 6.45) is 3.75. The maximum absolute atomic E-state index is 11.8. The maximum Gasteiger partial charge on any atom is 0.0475 e. The van der Waals surface area contributed by atoms with Crippen molar-refractivity contribution in [3.63, 3.8) is 0 Å². The summed E-state index contributed by atoms with van der Waals surface area (Å²) in [6.45, 7) is 4.36. The van der Waals surface area contributed by atoms with Crippen LogP contribution >= 0.6 is 0 Å². The summed E-state index contributed by atoms with van der Waals surface area (Å²) in [5.41, 5.74) is 0. The Hall–Kier alpha value is 0.110. The molecule has 1 N–H and O–H groups in total. The van der Waals surface area contributed by atoms with Crippen LogP contribution in [-0.4, -0.2) is 27.3 Å². The van der Waals surface area contributed by atoms with Gasteiger partial charge in [-0.2, -0.15) is 0 Å². The molecule has 1 aliphatic carbocycles. The first-order chi connectivity index (χ1) is 6.18. The summed E-state index contributed by atoms with van der Waals surface area (Å²) in [5, 5.41) is 3.99. The summed E-state index contributed by atoms with van der Waals surface area (Å²) in [5.74, 6) is 1.71. The minimum absolute atomic E-state index is 0.359. The van der Waals surface area contributed by atoms with Crippen molar-refractivity contribution in [1.82, 2.24) is 5.32 Å². The van der Waals surface area contributed by atoms with Crippen LogP contribution in [0.15, 0.2) is 0 Å². The van der Waals surface area contributed by atoms with E-state index in [4.69, 9.17) is 0 Å². The highest BCUT2D eigenvalue weighted by Crippen LogP contribution is 2.36. The van der Waals surface area contributed by atoms with E-state index in [1.165, 1.54) is 12.8 Å². The van der Waals surface area contributed by atoms with Crippen molar-refractivity contribution in [2.24, 2.45) is 5.92 Å². The molecule has 0 aromatic rings. The van der Waals surface area contributed by atoms with E-state index in [1.807, 2.05) is 0 Å². The zero-order valence-electron chi connectivity index (χ0n) is 8.45. The Kier molecular flexibility index (Phi) is 2.75. The summed E-state index contributed by atoms with van der Waals surface area (Å²) in [6, 6.07) is 1.08. The summed E-state index contributed by atoms with van der Waals surface area (Å²) < 4.78 is 11.8. The molecule has 4 unspecified atom stereocenters. The lowest BCUT2D eigenvalue weighted by molar-refractivity contribution is 0.407. The van der Waals surface area contributed by atoms with Gasteiger partial charge >= 0.3 is 0 Å². The zero-order chi connectivity index (χ0) is 9.42. The van der Waals surface area contributed by atoms with Crippen molar-refractivity contribution >= 4 is 10.8 Å². The molecule has 1 aliphatic heterocycles. The Morgan fingerprint density at radius 2 is 1.92 bits per heavy atom. The molecule has 3 heteroatoms. The number of rotatable bonds is 1. The summed E-state index contributed by atoms with van der Waals surface area (Å²) in [4.78, 5) is 0. The van der Waals surface area contributed by atoms with Gasteiger partial charge in [-0.1, -0.05) is 0 Å². The highest BCUT2D eigenvalue weighted by molar-refractivity contribution is 7.85. The molecule has 0 aromatic carbocycles. The molecule has 1 saturated heterocycles. The van der Waals surface area contributed by atoms with E-state index in [1.54, 1.807) is 0 Å². The van der Waals surface area contributed by atoms with Crippen LogP contribution in [0.5, 0.6) is 0 Å². The molecule has 1 heterocycles. The van der Waals surface area contributed by atoms with Gasteiger partial charge in [0.25, 0.3) is 0 Å². The molecule has 4 atom stereocenters. The Morgan fingerprint density at radius 3 is 2.54 bits per heavy atom. The van der Waals surface area contributed by atoms with E-state index < -0.39 is 10.8 Å². The molecule has 76 valence electrons. The van der Waals surface area contributed by atoms with Crippen LogP contribution in [0.2, 0.25) is 0 Å². The van der Waals surface area contributed by atoms with Crippen molar-refractivity contribution in [3.05, 3.63) is 0 Å². The average molecular weight is 201 g/mol. The van der Waals surface area contributed by atoms with E-state index in [9.17, 15) is 4.21 Å². The van der Waals surface area contributed by atoms with E-state index in [0.717, 1.165) is 18.1 Å². The first-order valence-corrected chi connectivity index (χ1v) is 6.70. The first-order valence-electron chi connectivity index (χ1n) is 5.31. The van der Waals surface area contributed by atoms with Gasteiger partial charge in [0, 0.05) is 33.9 Å². The lowest BCUT2D eigenvalue weighted by Crippen LogP contribution is -2.43. The predicted octanol–water partition coefficient (Wildman–Crippen LogP) is 1.28. The van der Waals surface area contributed by atoms with E-state index in [0.29, 0.717) is 17.3 Å². The monoisotopic (exact) mass is 201 g/mol. The lowest BCUT2D eigenvalue weighted by atomic mass is 10.1. The third kappa shape index (κ3) is 2.13. The molecule has 0 bridgehead atoms. The van der Waals surface area contributed by atoms with Gasteiger partial charge in [-0.15, -0.1) is 0 Å². The molecule has 0 spiro atoms. The van der Waals surface area contributed by atoms with Crippen LogP contribution in [0.25, 0.3) is 0 Å². The molecule has 0 radical (unpaired) electrons. The van der Waals surface area contributed by atoms with Gasteiger partial charge in [0.05, 0.1) is 0 Å². The van der Waals surface area contributed by atoms with Gasteiger partial charge < -0.3 is 5.32 Å². The smallest absolute Gasteiger partial charge is 0.0475 e. The van der Waals surface area contributed by atoms with Crippen molar-refractivity contribution in [1.29, 1.82) is 0 Å². The Labute approximate surface area is 82.9 Å². The SMILES string of the molecule is CC1CCS(=O)C(C)C(C2CC2)N1. The Morgan fingerprint density at radius 1 is 1.23 bits per heavy atom. The third-order valence-corrected chi connectivity index (χ3v) is 5.04. The van der Waals surface area contributed by atoms with Crippen molar-refractivity contribution in [2.75, 3.05) is 5.75 Å². The topological polar surface area (TPSA) is 29.1 Å². The van der Waals surface area contributed by atoms with Gasteiger partial charge in [0.1, 0.15) is 0 Å². The van der Waals surface area contributed by atoms with E-state index in [2.05, 4.69) is 19.2 Å². The zero-order valence-corrected chi connectivity index (χ0v) is 9.27. The fourth-order valence-electron chi connectivity index (χ4n) is 2.16. The molecule has 0 aromatic heterocycles. The van der Waals surface area contributed by atoms with Gasteiger partial charge in [-0.3, -0.25) is 4.21 Å². The highest BCUT2D eigenvalue weighted by atomic mass is 32.2. The van der Waals surface area contributed by atoms with Crippen LogP contribution in [0.4, 0.5) is 0 Å². The van der Waals surface area contributed by atoms with Gasteiger partial charge in [0.15, 0.2) is 0 Å². The fourth-order valence-corrected chi connectivity index (χ4v) is 3.75. The van der Waals surface area contributed by atoms with Crippen LogP contribution < -0.4 is 5.32 Å². The quantitative estimate of drug-likeness (QED) is 0.692. The largest absolute Gasteiger partial charge is 0.310 e. The third-order valence-electron chi connectivity index (χ3n) is 3.28. The maximum atomic E-state index is 11.8. The number of hydrogen-bond donors (Lipinski definition) is 1. The standard InChI is InChI=1S/C10H19NOS/c1-7-5-6-13(12)8(2)10(11-7)9-3-4-9/h7-11H,3-6H2,1-2H3. The average Bonchev–Trinajstić information content (AvgIpc) is 2.90. The first kappa shape index (κ1) is 9.66. The molecular weight excluding hydrogens is 182 g/mol. The Balaban J connectivity index is 2.07. The van der Waals surface area contributed by atoms with Crippen molar-refractivity contribution in [3.8, 4) is 0 Å². The van der Waals surface area contributed by atoms with E-state index in [-0.39, 0.29) is 0 Å². The molecule has 2 aliphatic rings. The van der Waals surface area contributed by atoms with Crippen LogP contribution in [0.1, 0.15) is 33.1 Å². The second kappa shape index (κ2) is 3.70. The van der Waals surface area contributed by atoms with E-state index >= 15 is 0 Å². The van der Waals surface area contributed by atoms with Crippen molar-refractivity contribution < 1.29 is 4.21 Å². The molecule has 1 saturated carbocycles. The molecule has 2 fully saturated rings. The molecule has 2 rings (SSSR count). The normalized spacial score (nSPS) is 47.2. The molecular formula is C10H19NOS. The predicted molar refractivity (Wildman–Crippen MR) is 56.2 cm³/mol. The minimum atomic E-state index is -0.596. The number of nitrogens with one attached hydrogen (secondary N) is 1.